The van der Waals surface area contributed by atoms with Crippen LogP contribution in [-0.2, 0) is 33.2 Å². The monoisotopic (exact) mass is 568 g/mol. The van der Waals surface area contributed by atoms with Crippen molar-refractivity contribution in [2.75, 3.05) is 13.7 Å². The van der Waals surface area contributed by atoms with Crippen LogP contribution in [0.1, 0.15) is 44.9 Å². The lowest BCUT2D eigenvalue weighted by Crippen LogP contribution is -2.66. The van der Waals surface area contributed by atoms with E-state index in [1.165, 1.54) is 7.11 Å². The first-order chi connectivity index (χ1) is 14.9. The average molecular weight is 569 g/mol. The fraction of sp³-hybridized carbons (Fsp3) is 0.864. The molecule has 5 heterocycles. The Kier molecular flexibility index (Phi) is 6.62. The van der Waals surface area contributed by atoms with Gasteiger partial charge in [0.15, 0.2) is 5.79 Å². The molecule has 0 saturated carbocycles. The zero-order chi connectivity index (χ0) is 21.8. The Labute approximate surface area is 201 Å². The highest BCUT2D eigenvalue weighted by Gasteiger charge is 2.65. The molecule has 0 radical (unpaired) electrons. The molecule has 174 valence electrons. The summed E-state index contributed by atoms with van der Waals surface area (Å²) in [6.45, 7) is 4.53. The summed E-state index contributed by atoms with van der Waals surface area (Å²) in [7, 11) is 1.40. The maximum absolute atomic E-state index is 11.8. The third kappa shape index (κ3) is 4.42. The molecule has 2 unspecified atom stereocenters. The number of hydrogen-bond acceptors (Lipinski definition) is 7. The molecule has 5 saturated heterocycles. The number of carbonyl (C=O) groups is 1. The van der Waals surface area contributed by atoms with Crippen molar-refractivity contribution in [1.82, 2.24) is 0 Å². The normalized spacial score (nSPS) is 46.2. The first kappa shape index (κ1) is 22.8. The highest BCUT2D eigenvalue weighted by molar-refractivity contribution is 14.1. The van der Waals surface area contributed by atoms with E-state index < -0.39 is 5.79 Å². The predicted molar refractivity (Wildman–Crippen MR) is 120 cm³/mol. The van der Waals surface area contributed by atoms with E-state index in [4.69, 9.17) is 40.0 Å². The number of fused-ring (bicyclic) bond motifs is 4. The predicted octanol–water partition coefficient (Wildman–Crippen LogP) is 3.49. The first-order valence-electron chi connectivity index (χ1n) is 11.2. The minimum absolute atomic E-state index is 0.00406. The van der Waals surface area contributed by atoms with Gasteiger partial charge in [0.25, 0.3) is 0 Å². The molecule has 0 N–H and O–H groups in total. The topological polar surface area (TPSA) is 72.5 Å². The number of rotatable bonds is 7. The van der Waals surface area contributed by atoms with Crippen molar-refractivity contribution < 1.29 is 33.2 Å². The van der Waals surface area contributed by atoms with Gasteiger partial charge in [-0.1, -0.05) is 6.58 Å². The molecule has 0 spiro atoms. The number of ether oxygens (including phenoxy) is 6. The Balaban J connectivity index is 1.34. The summed E-state index contributed by atoms with van der Waals surface area (Å²) >= 11 is 8.77. The van der Waals surface area contributed by atoms with E-state index in [9.17, 15) is 4.79 Å². The Morgan fingerprint density at radius 2 is 2.00 bits per heavy atom. The first-order valence-corrected chi connectivity index (χ1v) is 12.7. The van der Waals surface area contributed by atoms with Gasteiger partial charge in [-0.05, 0) is 51.9 Å². The molecule has 5 fully saturated rings. The Hall–Kier alpha value is 0.0300. The van der Waals surface area contributed by atoms with Gasteiger partial charge in [0.1, 0.15) is 18.3 Å². The molecule has 0 aliphatic carbocycles. The summed E-state index contributed by atoms with van der Waals surface area (Å²) in [6.07, 6.45) is 3.82. The van der Waals surface area contributed by atoms with Crippen molar-refractivity contribution in [3.63, 3.8) is 0 Å². The SMILES string of the molecule is C=C(I)C[C@H](Cl)CC[C@@]12C[C@H]3O[C@H]4[C@@H](O1)[C@H]1OC(CC(=O)OC)CC[C@@H]1O[C@H]4C3CO2. The third-order valence-electron chi connectivity index (χ3n) is 7.33. The van der Waals surface area contributed by atoms with Gasteiger partial charge in [-0.2, -0.15) is 0 Å². The van der Waals surface area contributed by atoms with Crippen LogP contribution in [-0.4, -0.2) is 73.6 Å². The molecule has 10 atom stereocenters. The minimum Gasteiger partial charge on any atom is -0.469 e. The van der Waals surface area contributed by atoms with Crippen molar-refractivity contribution in [2.24, 2.45) is 5.92 Å². The molecule has 5 rings (SSSR count). The van der Waals surface area contributed by atoms with Gasteiger partial charge in [0, 0.05) is 24.1 Å². The number of hydrogen-bond donors (Lipinski definition) is 0. The fourth-order valence-corrected chi connectivity index (χ4v) is 6.93. The van der Waals surface area contributed by atoms with E-state index in [-0.39, 0.29) is 66.4 Å². The van der Waals surface area contributed by atoms with Crippen LogP contribution in [0.15, 0.2) is 10.2 Å². The lowest BCUT2D eigenvalue weighted by molar-refractivity contribution is -0.351. The van der Waals surface area contributed by atoms with Crippen LogP contribution in [0.25, 0.3) is 0 Å². The average Bonchev–Trinajstić information content (AvgIpc) is 3.02. The molecule has 5 aliphatic heterocycles. The summed E-state index contributed by atoms with van der Waals surface area (Å²) in [6, 6.07) is 0. The van der Waals surface area contributed by atoms with Gasteiger partial charge in [-0.25, -0.2) is 0 Å². The van der Waals surface area contributed by atoms with E-state index >= 15 is 0 Å². The Morgan fingerprint density at radius 3 is 2.77 bits per heavy atom. The second-order valence-corrected chi connectivity index (χ2v) is 11.5. The maximum atomic E-state index is 11.8. The number of allylic oxidation sites excluding steroid dienone is 1. The van der Waals surface area contributed by atoms with Crippen LogP contribution in [0.4, 0.5) is 0 Å². The Morgan fingerprint density at radius 1 is 1.19 bits per heavy atom. The number of halogens is 2. The number of methoxy groups -OCH3 is 1. The second kappa shape index (κ2) is 9.00. The molecule has 0 aromatic carbocycles. The molecule has 31 heavy (non-hydrogen) atoms. The molecular formula is C22H30ClIO7. The van der Waals surface area contributed by atoms with Crippen molar-refractivity contribution in [3.05, 3.63) is 10.2 Å². The zero-order valence-corrected chi connectivity index (χ0v) is 20.6. The molecule has 0 amide bonds. The molecule has 5 aliphatic rings. The van der Waals surface area contributed by atoms with Crippen molar-refractivity contribution >= 4 is 40.2 Å². The largest absolute Gasteiger partial charge is 0.469 e. The molecular weight excluding hydrogens is 539 g/mol. The van der Waals surface area contributed by atoms with Crippen LogP contribution < -0.4 is 0 Å². The lowest BCUT2D eigenvalue weighted by atomic mass is 9.80. The fourth-order valence-electron chi connectivity index (χ4n) is 5.84. The minimum atomic E-state index is -0.716. The molecule has 9 heteroatoms. The van der Waals surface area contributed by atoms with Crippen molar-refractivity contribution in [1.29, 1.82) is 0 Å². The molecule has 0 aromatic rings. The third-order valence-corrected chi connectivity index (χ3v) is 8.14. The standard InChI is InChI=1S/C22H30ClIO7/c1-11(24)7-12(23)5-6-22-9-16-14(10-27-22)18-20(30-16)21(31-22)19-15(29-18)4-3-13(28-19)8-17(25)26-2/h12-16,18-21H,1,3-10H2,2H3/t12-,13?,14?,15+,16-,18+,19+,20-,21+,22+/m1/s1. The van der Waals surface area contributed by atoms with Gasteiger partial charge in [0.05, 0.1) is 44.6 Å². The summed E-state index contributed by atoms with van der Waals surface area (Å²) in [5.74, 6) is -0.758. The van der Waals surface area contributed by atoms with Crippen molar-refractivity contribution in [3.8, 4) is 0 Å². The summed E-state index contributed by atoms with van der Waals surface area (Å²) in [5.41, 5.74) is 0. The number of esters is 1. The van der Waals surface area contributed by atoms with E-state index in [2.05, 4.69) is 29.2 Å². The second-order valence-electron chi connectivity index (χ2n) is 9.39. The summed E-state index contributed by atoms with van der Waals surface area (Å²) in [4.78, 5) is 11.8. The number of carbonyl (C=O) groups excluding carboxylic acids is 1. The van der Waals surface area contributed by atoms with Gasteiger partial charge in [-0.15, -0.1) is 11.6 Å². The van der Waals surface area contributed by atoms with E-state index in [1.807, 2.05) is 0 Å². The van der Waals surface area contributed by atoms with Crippen LogP contribution in [0.2, 0.25) is 0 Å². The zero-order valence-electron chi connectivity index (χ0n) is 17.7. The van der Waals surface area contributed by atoms with Crippen molar-refractivity contribution in [2.45, 2.75) is 98.8 Å². The molecule has 0 aromatic heterocycles. The maximum Gasteiger partial charge on any atom is 0.308 e. The van der Waals surface area contributed by atoms with E-state index in [0.717, 1.165) is 29.3 Å². The Bertz CT molecular complexity index is 722. The summed E-state index contributed by atoms with van der Waals surface area (Å²) in [5, 5.41) is -0.00406. The van der Waals surface area contributed by atoms with E-state index in [1.54, 1.807) is 0 Å². The highest BCUT2D eigenvalue weighted by atomic mass is 127. The van der Waals surface area contributed by atoms with Gasteiger partial charge in [0.2, 0.25) is 0 Å². The quantitative estimate of drug-likeness (QED) is 0.265. The van der Waals surface area contributed by atoms with E-state index in [0.29, 0.717) is 19.4 Å². The number of alkyl halides is 1. The van der Waals surface area contributed by atoms with Gasteiger partial charge >= 0.3 is 5.97 Å². The molecule has 3 bridgehead atoms. The smallest absolute Gasteiger partial charge is 0.308 e. The van der Waals surface area contributed by atoms with Crippen LogP contribution >= 0.6 is 34.2 Å². The lowest BCUT2D eigenvalue weighted by Gasteiger charge is -2.53. The van der Waals surface area contributed by atoms with Crippen LogP contribution in [0.5, 0.6) is 0 Å². The summed E-state index contributed by atoms with van der Waals surface area (Å²) < 4.78 is 38.3. The highest BCUT2D eigenvalue weighted by Crippen LogP contribution is 2.52. The van der Waals surface area contributed by atoms with Gasteiger partial charge < -0.3 is 28.4 Å². The van der Waals surface area contributed by atoms with Crippen LogP contribution in [0, 0.1) is 5.92 Å². The molecule has 7 nitrogen and oxygen atoms in total. The van der Waals surface area contributed by atoms with Gasteiger partial charge in [-0.3, -0.25) is 4.79 Å². The van der Waals surface area contributed by atoms with Crippen LogP contribution in [0.3, 0.4) is 0 Å².